The van der Waals surface area contributed by atoms with Gasteiger partial charge in [-0.1, -0.05) is 31.9 Å². The molecule has 1 amide bonds. The summed E-state index contributed by atoms with van der Waals surface area (Å²) in [7, 11) is -3.22. The van der Waals surface area contributed by atoms with Gasteiger partial charge in [-0.15, -0.1) is 0 Å². The Morgan fingerprint density at radius 3 is 2.22 bits per heavy atom. The molecule has 0 fully saturated rings. The van der Waals surface area contributed by atoms with E-state index in [9.17, 15) is 13.2 Å². The van der Waals surface area contributed by atoms with E-state index in [2.05, 4.69) is 12.2 Å². The highest BCUT2D eigenvalue weighted by Crippen LogP contribution is 2.18. The molecule has 0 aliphatic heterocycles. The van der Waals surface area contributed by atoms with E-state index in [0.717, 1.165) is 30.6 Å². The average molecular weight is 390 g/mol. The number of carbonyl (C=O) groups is 1. The number of hydrogen-bond acceptors (Lipinski definition) is 4. The van der Waals surface area contributed by atoms with Gasteiger partial charge < -0.3 is 10.1 Å². The van der Waals surface area contributed by atoms with E-state index in [-0.39, 0.29) is 16.8 Å². The second-order valence-corrected chi connectivity index (χ2v) is 8.63. The second-order valence-electron chi connectivity index (χ2n) is 6.62. The zero-order valence-electron chi connectivity index (χ0n) is 16.1. The lowest BCUT2D eigenvalue weighted by atomic mass is 10.1. The van der Waals surface area contributed by atoms with Crippen LogP contribution in [0.15, 0.2) is 53.4 Å². The van der Waals surface area contributed by atoms with Gasteiger partial charge in [-0.25, -0.2) is 8.42 Å². The summed E-state index contributed by atoms with van der Waals surface area (Å²) in [6, 6.07) is 13.4. The molecule has 0 heterocycles. The molecular formula is C21H27NO4S. The number of hydrogen-bond donors (Lipinski definition) is 1. The average Bonchev–Trinajstić information content (AvgIpc) is 2.65. The molecule has 0 radical (unpaired) electrons. The van der Waals surface area contributed by atoms with Crippen molar-refractivity contribution in [2.75, 3.05) is 12.9 Å². The summed E-state index contributed by atoms with van der Waals surface area (Å²) < 4.78 is 28.7. The molecule has 0 aromatic heterocycles. The van der Waals surface area contributed by atoms with Gasteiger partial charge in [0, 0.05) is 11.8 Å². The van der Waals surface area contributed by atoms with Gasteiger partial charge in [0.2, 0.25) is 0 Å². The van der Waals surface area contributed by atoms with Gasteiger partial charge in [-0.05, 0) is 55.3 Å². The molecule has 0 saturated heterocycles. The van der Waals surface area contributed by atoms with Gasteiger partial charge >= 0.3 is 0 Å². The Morgan fingerprint density at radius 1 is 1.04 bits per heavy atom. The van der Waals surface area contributed by atoms with Crippen LogP contribution < -0.4 is 10.1 Å². The minimum Gasteiger partial charge on any atom is -0.494 e. The van der Waals surface area contributed by atoms with E-state index < -0.39 is 9.84 Å². The Hall–Kier alpha value is -2.34. The monoisotopic (exact) mass is 389 g/mol. The standard InChI is InChI=1S/C21H27NO4S/c1-4-5-6-15-26-19-11-7-18(8-12-19)21(23)22-16(2)17-9-13-20(14-10-17)27(3,24)25/h7-14,16H,4-6,15H2,1-3H3,(H,22,23). The second kappa shape index (κ2) is 9.55. The number of rotatable bonds is 9. The highest BCUT2D eigenvalue weighted by molar-refractivity contribution is 7.90. The summed E-state index contributed by atoms with van der Waals surface area (Å²) in [6.07, 6.45) is 4.49. The lowest BCUT2D eigenvalue weighted by Gasteiger charge is -2.15. The minimum absolute atomic E-state index is 0.188. The molecule has 5 nitrogen and oxygen atoms in total. The maximum absolute atomic E-state index is 12.4. The number of sulfone groups is 1. The van der Waals surface area contributed by atoms with Crippen LogP contribution in [-0.4, -0.2) is 27.2 Å². The van der Waals surface area contributed by atoms with Crippen LogP contribution in [0.25, 0.3) is 0 Å². The number of amides is 1. The van der Waals surface area contributed by atoms with Crippen molar-refractivity contribution in [2.45, 2.75) is 44.0 Å². The van der Waals surface area contributed by atoms with E-state index in [1.54, 1.807) is 48.5 Å². The van der Waals surface area contributed by atoms with E-state index in [0.29, 0.717) is 12.2 Å². The van der Waals surface area contributed by atoms with Crippen LogP contribution in [0.4, 0.5) is 0 Å². The van der Waals surface area contributed by atoms with Crippen LogP contribution in [0.1, 0.15) is 55.1 Å². The molecule has 2 aromatic rings. The van der Waals surface area contributed by atoms with Crippen molar-refractivity contribution in [3.05, 3.63) is 59.7 Å². The third kappa shape index (κ3) is 6.40. The Morgan fingerprint density at radius 2 is 1.67 bits per heavy atom. The predicted octanol–water partition coefficient (Wildman–Crippen LogP) is 4.15. The first-order valence-corrected chi connectivity index (χ1v) is 11.0. The number of benzene rings is 2. The van der Waals surface area contributed by atoms with Crippen LogP contribution in [0.2, 0.25) is 0 Å². The Kier molecular flexibility index (Phi) is 7.42. The highest BCUT2D eigenvalue weighted by Gasteiger charge is 2.13. The summed E-state index contributed by atoms with van der Waals surface area (Å²) in [6.45, 7) is 4.69. The van der Waals surface area contributed by atoms with Gasteiger partial charge in [0.05, 0.1) is 17.5 Å². The quantitative estimate of drug-likeness (QED) is 0.654. The fourth-order valence-electron chi connectivity index (χ4n) is 2.61. The van der Waals surface area contributed by atoms with Crippen LogP contribution in [0.5, 0.6) is 5.75 Å². The van der Waals surface area contributed by atoms with Crippen molar-refractivity contribution >= 4 is 15.7 Å². The topological polar surface area (TPSA) is 72.5 Å². The van der Waals surface area contributed by atoms with Crippen molar-refractivity contribution in [3.8, 4) is 5.75 Å². The van der Waals surface area contributed by atoms with Crippen molar-refractivity contribution in [2.24, 2.45) is 0 Å². The molecule has 1 unspecified atom stereocenters. The van der Waals surface area contributed by atoms with Gasteiger partial charge in [0.25, 0.3) is 5.91 Å². The molecule has 2 aromatic carbocycles. The minimum atomic E-state index is -3.22. The third-order valence-corrected chi connectivity index (χ3v) is 5.42. The van der Waals surface area contributed by atoms with E-state index in [1.165, 1.54) is 6.26 Å². The van der Waals surface area contributed by atoms with Crippen molar-refractivity contribution < 1.29 is 17.9 Å². The zero-order chi connectivity index (χ0) is 19.9. The molecule has 6 heteroatoms. The van der Waals surface area contributed by atoms with E-state index >= 15 is 0 Å². The Balaban J connectivity index is 1.93. The molecule has 146 valence electrons. The predicted molar refractivity (Wildman–Crippen MR) is 107 cm³/mol. The molecule has 0 spiro atoms. The largest absolute Gasteiger partial charge is 0.494 e. The normalized spacial score (nSPS) is 12.4. The molecule has 27 heavy (non-hydrogen) atoms. The Labute approximate surface area is 161 Å². The molecule has 0 aliphatic carbocycles. The van der Waals surface area contributed by atoms with E-state index in [4.69, 9.17) is 4.74 Å². The lowest BCUT2D eigenvalue weighted by Crippen LogP contribution is -2.26. The molecular weight excluding hydrogens is 362 g/mol. The smallest absolute Gasteiger partial charge is 0.251 e. The van der Waals surface area contributed by atoms with Crippen LogP contribution >= 0.6 is 0 Å². The van der Waals surface area contributed by atoms with Crippen molar-refractivity contribution in [3.63, 3.8) is 0 Å². The van der Waals surface area contributed by atoms with Crippen LogP contribution in [-0.2, 0) is 9.84 Å². The Bertz CT molecular complexity index is 843. The van der Waals surface area contributed by atoms with Crippen molar-refractivity contribution in [1.29, 1.82) is 0 Å². The molecule has 0 bridgehead atoms. The van der Waals surface area contributed by atoms with Gasteiger partial charge in [0.1, 0.15) is 5.75 Å². The van der Waals surface area contributed by atoms with Gasteiger partial charge in [-0.3, -0.25) is 4.79 Å². The molecule has 1 N–H and O–H groups in total. The third-order valence-electron chi connectivity index (χ3n) is 4.29. The first-order valence-electron chi connectivity index (χ1n) is 9.15. The molecule has 1 atom stereocenters. The maximum Gasteiger partial charge on any atom is 0.251 e. The number of nitrogens with one attached hydrogen (secondary N) is 1. The summed E-state index contributed by atoms with van der Waals surface area (Å²) in [5.41, 5.74) is 1.39. The van der Waals surface area contributed by atoms with E-state index in [1.807, 2.05) is 6.92 Å². The maximum atomic E-state index is 12.4. The number of unbranched alkanes of at least 4 members (excludes halogenated alkanes) is 2. The fourth-order valence-corrected chi connectivity index (χ4v) is 3.24. The first-order chi connectivity index (χ1) is 12.8. The SMILES string of the molecule is CCCCCOc1ccc(C(=O)NC(C)c2ccc(S(C)(=O)=O)cc2)cc1. The molecule has 2 rings (SSSR count). The zero-order valence-corrected chi connectivity index (χ0v) is 16.9. The molecule has 0 saturated carbocycles. The summed E-state index contributed by atoms with van der Waals surface area (Å²) in [4.78, 5) is 12.7. The molecule has 0 aliphatic rings. The highest BCUT2D eigenvalue weighted by atomic mass is 32.2. The summed E-state index contributed by atoms with van der Waals surface area (Å²) >= 11 is 0. The fraction of sp³-hybridized carbons (Fsp3) is 0.381. The van der Waals surface area contributed by atoms with Gasteiger partial charge in [0.15, 0.2) is 9.84 Å². The van der Waals surface area contributed by atoms with Crippen molar-refractivity contribution in [1.82, 2.24) is 5.32 Å². The summed E-state index contributed by atoms with van der Waals surface area (Å²) in [5.74, 6) is 0.569. The first kappa shape index (κ1) is 21.0. The number of carbonyl (C=O) groups excluding carboxylic acids is 1. The van der Waals surface area contributed by atoms with Crippen LogP contribution in [0, 0.1) is 0 Å². The van der Waals surface area contributed by atoms with Gasteiger partial charge in [-0.2, -0.15) is 0 Å². The van der Waals surface area contributed by atoms with Crippen LogP contribution in [0.3, 0.4) is 0 Å². The lowest BCUT2D eigenvalue weighted by molar-refractivity contribution is 0.0940. The summed E-state index contributed by atoms with van der Waals surface area (Å²) in [5, 5.41) is 2.92. The number of ether oxygens (including phenoxy) is 1.